The van der Waals surface area contributed by atoms with Gasteiger partial charge in [0.05, 0.1) is 12.7 Å². The molecule has 0 atom stereocenters. The molecule has 0 amide bonds. The van der Waals surface area contributed by atoms with Crippen LogP contribution >= 0.6 is 0 Å². The Labute approximate surface area is 168 Å². The number of aromatic nitrogens is 1. The number of hydrogen-bond donors (Lipinski definition) is 1. The van der Waals surface area contributed by atoms with Crippen LogP contribution in [0.4, 0.5) is 5.82 Å². The van der Waals surface area contributed by atoms with E-state index in [0.29, 0.717) is 13.0 Å². The van der Waals surface area contributed by atoms with E-state index in [2.05, 4.69) is 52.5 Å². The Balaban J connectivity index is 1.43. The fourth-order valence-electron chi connectivity index (χ4n) is 3.38. The van der Waals surface area contributed by atoms with Crippen LogP contribution in [0, 0.1) is 17.2 Å². The van der Waals surface area contributed by atoms with Gasteiger partial charge in [-0.2, -0.15) is 5.26 Å². The molecule has 0 aliphatic carbocycles. The van der Waals surface area contributed by atoms with Crippen LogP contribution in [0.3, 0.4) is 0 Å². The summed E-state index contributed by atoms with van der Waals surface area (Å²) in [6, 6.07) is 14.6. The third kappa shape index (κ3) is 6.24. The van der Waals surface area contributed by atoms with Gasteiger partial charge < -0.3 is 15.0 Å². The Hall–Kier alpha value is -2.58. The van der Waals surface area contributed by atoms with Crippen LogP contribution < -0.4 is 15.0 Å². The number of hydrogen-bond acceptors (Lipinski definition) is 5. The summed E-state index contributed by atoms with van der Waals surface area (Å²) in [6.07, 6.45) is 5.79. The van der Waals surface area contributed by atoms with E-state index in [1.165, 1.54) is 24.0 Å². The van der Waals surface area contributed by atoms with Crippen LogP contribution in [0.15, 0.2) is 42.6 Å². The van der Waals surface area contributed by atoms with Gasteiger partial charge >= 0.3 is 0 Å². The topological polar surface area (TPSA) is 61.2 Å². The summed E-state index contributed by atoms with van der Waals surface area (Å²) in [5.41, 5.74) is 2.38. The average Bonchev–Trinajstić information content (AvgIpc) is 2.73. The van der Waals surface area contributed by atoms with E-state index >= 15 is 0 Å². The predicted octanol–water partition coefficient (Wildman–Crippen LogP) is 4.29. The fraction of sp³-hybridized carbons (Fsp3) is 0.478. The van der Waals surface area contributed by atoms with E-state index in [9.17, 15) is 0 Å². The van der Waals surface area contributed by atoms with Gasteiger partial charge in [0.25, 0.3) is 0 Å². The van der Waals surface area contributed by atoms with Gasteiger partial charge in [0.2, 0.25) is 0 Å². The highest BCUT2D eigenvalue weighted by atomic mass is 16.5. The maximum atomic E-state index is 8.57. The number of unbranched alkanes of at least 4 members (excludes halogenated alkanes) is 1. The molecule has 0 saturated carbocycles. The van der Waals surface area contributed by atoms with E-state index < -0.39 is 0 Å². The summed E-state index contributed by atoms with van der Waals surface area (Å²) in [7, 11) is 0. The van der Waals surface area contributed by atoms with Gasteiger partial charge in [0.15, 0.2) is 0 Å². The Bertz CT molecular complexity index is 761. The first kappa shape index (κ1) is 20.2. The molecule has 5 nitrogen and oxygen atoms in total. The molecule has 0 unspecified atom stereocenters. The molecule has 148 valence electrons. The van der Waals surface area contributed by atoms with Crippen LogP contribution in [0.2, 0.25) is 0 Å². The zero-order valence-electron chi connectivity index (χ0n) is 16.7. The van der Waals surface area contributed by atoms with Crippen molar-refractivity contribution >= 4 is 5.82 Å². The van der Waals surface area contributed by atoms with Crippen molar-refractivity contribution in [3.05, 3.63) is 53.7 Å². The number of nitriles is 1. The van der Waals surface area contributed by atoms with Crippen molar-refractivity contribution in [3.8, 4) is 11.8 Å². The molecule has 1 aliphatic heterocycles. The summed E-state index contributed by atoms with van der Waals surface area (Å²) < 4.78 is 5.70. The molecule has 0 bridgehead atoms. The molecule has 3 rings (SSSR count). The van der Waals surface area contributed by atoms with Gasteiger partial charge in [0, 0.05) is 38.8 Å². The van der Waals surface area contributed by atoms with Gasteiger partial charge in [-0.1, -0.05) is 25.1 Å². The minimum Gasteiger partial charge on any atom is -0.494 e. The first-order chi connectivity index (χ1) is 13.7. The molecule has 1 saturated heterocycles. The molecule has 0 radical (unpaired) electrons. The van der Waals surface area contributed by atoms with Crippen molar-refractivity contribution in [1.82, 2.24) is 10.3 Å². The Morgan fingerprint density at radius 2 is 2.00 bits per heavy atom. The summed E-state index contributed by atoms with van der Waals surface area (Å²) >= 11 is 0. The maximum Gasteiger partial charge on any atom is 0.128 e. The second-order valence-corrected chi connectivity index (χ2v) is 7.56. The normalized spacial score (nSPS) is 14.6. The molecular weight excluding hydrogens is 348 g/mol. The van der Waals surface area contributed by atoms with Crippen LogP contribution in [-0.2, 0) is 13.1 Å². The first-order valence-corrected chi connectivity index (χ1v) is 10.2. The van der Waals surface area contributed by atoms with E-state index in [-0.39, 0.29) is 0 Å². The molecule has 1 N–H and O–H groups in total. The Morgan fingerprint density at radius 3 is 2.75 bits per heavy atom. The van der Waals surface area contributed by atoms with Gasteiger partial charge in [-0.25, -0.2) is 4.98 Å². The maximum absolute atomic E-state index is 8.57. The minimum absolute atomic E-state index is 0.533. The van der Waals surface area contributed by atoms with E-state index in [1.54, 1.807) is 0 Å². The summed E-state index contributed by atoms with van der Waals surface area (Å²) in [5.74, 6) is 2.79. The van der Waals surface area contributed by atoms with E-state index in [4.69, 9.17) is 10.00 Å². The first-order valence-electron chi connectivity index (χ1n) is 10.2. The highest BCUT2D eigenvalue weighted by Gasteiger charge is 2.16. The highest BCUT2D eigenvalue weighted by molar-refractivity contribution is 5.39. The number of pyridine rings is 1. The zero-order valence-corrected chi connectivity index (χ0v) is 16.7. The molecule has 28 heavy (non-hydrogen) atoms. The number of benzene rings is 1. The number of rotatable bonds is 9. The number of anilines is 1. The smallest absolute Gasteiger partial charge is 0.128 e. The molecular formula is C23H30N4O. The predicted molar refractivity (Wildman–Crippen MR) is 112 cm³/mol. The average molecular weight is 379 g/mol. The second-order valence-electron chi connectivity index (χ2n) is 7.56. The number of nitrogens with one attached hydrogen (secondary N) is 1. The standard InChI is InChI=1S/C23H30N4O/c1-19-9-12-27(13-10-19)23-8-7-21(18-26-23)17-25-16-20-5-4-6-22(15-20)28-14-3-2-11-24/h4-8,15,18-19,25H,2-3,9-10,12-14,16-17H2,1H3. The summed E-state index contributed by atoms with van der Waals surface area (Å²) in [4.78, 5) is 7.05. The fourth-order valence-corrected chi connectivity index (χ4v) is 3.38. The van der Waals surface area contributed by atoms with Gasteiger partial charge in [-0.3, -0.25) is 0 Å². The highest BCUT2D eigenvalue weighted by Crippen LogP contribution is 2.21. The van der Waals surface area contributed by atoms with Crippen LogP contribution in [0.5, 0.6) is 5.75 Å². The molecule has 2 heterocycles. The molecule has 2 aromatic rings. The molecule has 1 aliphatic rings. The van der Waals surface area contributed by atoms with Crippen LogP contribution in [-0.4, -0.2) is 24.7 Å². The van der Waals surface area contributed by atoms with Crippen molar-refractivity contribution < 1.29 is 4.74 Å². The molecule has 1 aromatic carbocycles. The molecule has 5 heteroatoms. The monoisotopic (exact) mass is 378 g/mol. The molecule has 1 fully saturated rings. The van der Waals surface area contributed by atoms with Crippen LogP contribution in [0.25, 0.3) is 0 Å². The van der Waals surface area contributed by atoms with Gasteiger partial charge in [0.1, 0.15) is 11.6 Å². The number of ether oxygens (including phenoxy) is 1. The second kappa shape index (κ2) is 10.7. The third-order valence-electron chi connectivity index (χ3n) is 5.18. The number of nitrogens with zero attached hydrogens (tertiary/aromatic N) is 3. The minimum atomic E-state index is 0.533. The van der Waals surface area contributed by atoms with E-state index in [1.807, 2.05) is 18.3 Å². The third-order valence-corrected chi connectivity index (χ3v) is 5.18. The Morgan fingerprint density at radius 1 is 1.18 bits per heavy atom. The van der Waals surface area contributed by atoms with Crippen molar-refractivity contribution in [2.24, 2.45) is 5.92 Å². The lowest BCUT2D eigenvalue weighted by molar-refractivity contribution is 0.312. The largest absolute Gasteiger partial charge is 0.494 e. The van der Waals surface area contributed by atoms with Crippen molar-refractivity contribution in [3.63, 3.8) is 0 Å². The SMILES string of the molecule is CC1CCN(c2ccc(CNCc3cccc(OCCCC#N)c3)cn2)CC1. The van der Waals surface area contributed by atoms with Crippen LogP contribution in [0.1, 0.15) is 43.7 Å². The van der Waals surface area contributed by atoms with Crippen molar-refractivity contribution in [2.45, 2.75) is 45.7 Å². The van der Waals surface area contributed by atoms with Crippen molar-refractivity contribution in [1.29, 1.82) is 5.26 Å². The summed E-state index contributed by atoms with van der Waals surface area (Å²) in [5, 5.41) is 12.0. The Kier molecular flexibility index (Phi) is 7.69. The van der Waals surface area contributed by atoms with E-state index in [0.717, 1.165) is 50.1 Å². The number of piperidine rings is 1. The lowest BCUT2D eigenvalue weighted by Crippen LogP contribution is -2.33. The molecule has 0 spiro atoms. The lowest BCUT2D eigenvalue weighted by Gasteiger charge is -2.31. The quantitative estimate of drug-likeness (QED) is 0.660. The lowest BCUT2D eigenvalue weighted by atomic mass is 9.99. The van der Waals surface area contributed by atoms with Crippen molar-refractivity contribution in [2.75, 3.05) is 24.6 Å². The summed E-state index contributed by atoms with van der Waals surface area (Å²) in [6.45, 7) is 6.70. The zero-order chi connectivity index (χ0) is 19.6. The molecule has 1 aromatic heterocycles. The van der Waals surface area contributed by atoms with Gasteiger partial charge in [-0.15, -0.1) is 0 Å². The van der Waals surface area contributed by atoms with Gasteiger partial charge in [-0.05, 0) is 54.5 Å².